The molecular formula is C13H16ClN3O2. The molecule has 1 saturated heterocycles. The second-order valence-corrected chi connectivity index (χ2v) is 4.93. The number of nitrogens with zero attached hydrogens (tertiary/aromatic N) is 1. The molecule has 1 heterocycles. The monoisotopic (exact) mass is 281 g/mol. The van der Waals surface area contributed by atoms with Crippen LogP contribution in [-0.2, 0) is 4.79 Å². The normalized spacial score (nSPS) is 15.7. The third-order valence-corrected chi connectivity index (χ3v) is 3.38. The van der Waals surface area contributed by atoms with Gasteiger partial charge in [-0.15, -0.1) is 0 Å². The molecule has 3 amide bonds. The zero-order chi connectivity index (χ0) is 13.8. The smallest absolute Gasteiger partial charge is 0.322 e. The molecule has 0 unspecified atom stereocenters. The quantitative estimate of drug-likeness (QED) is 0.827. The summed E-state index contributed by atoms with van der Waals surface area (Å²) in [5.74, 6) is -0.130. The number of benzene rings is 1. The number of urea groups is 1. The van der Waals surface area contributed by atoms with Crippen molar-refractivity contribution in [1.29, 1.82) is 0 Å². The minimum absolute atomic E-state index is 0.0887. The van der Waals surface area contributed by atoms with Crippen molar-refractivity contribution in [2.45, 2.75) is 13.3 Å². The molecule has 6 heteroatoms. The Morgan fingerprint density at radius 1 is 1.47 bits per heavy atom. The minimum Gasteiger partial charge on any atom is -0.354 e. The highest BCUT2D eigenvalue weighted by Gasteiger charge is 2.19. The van der Waals surface area contributed by atoms with Gasteiger partial charge in [-0.25, -0.2) is 4.79 Å². The van der Waals surface area contributed by atoms with Gasteiger partial charge in [0, 0.05) is 23.8 Å². The summed E-state index contributed by atoms with van der Waals surface area (Å²) >= 11 is 6.00. The van der Waals surface area contributed by atoms with Crippen LogP contribution < -0.4 is 10.6 Å². The van der Waals surface area contributed by atoms with E-state index >= 15 is 0 Å². The van der Waals surface area contributed by atoms with Gasteiger partial charge in [0.2, 0.25) is 5.91 Å². The largest absolute Gasteiger partial charge is 0.354 e. The van der Waals surface area contributed by atoms with Crippen LogP contribution >= 0.6 is 11.6 Å². The van der Waals surface area contributed by atoms with Crippen molar-refractivity contribution in [2.75, 3.05) is 25.0 Å². The van der Waals surface area contributed by atoms with Gasteiger partial charge in [-0.2, -0.15) is 0 Å². The zero-order valence-electron chi connectivity index (χ0n) is 10.7. The highest BCUT2D eigenvalue weighted by atomic mass is 35.5. The van der Waals surface area contributed by atoms with Gasteiger partial charge in [0.05, 0.1) is 0 Å². The fourth-order valence-electron chi connectivity index (χ4n) is 1.85. The van der Waals surface area contributed by atoms with Crippen LogP contribution in [0.25, 0.3) is 0 Å². The van der Waals surface area contributed by atoms with Crippen LogP contribution in [0.5, 0.6) is 0 Å². The minimum atomic E-state index is -0.281. The Labute approximate surface area is 116 Å². The fourth-order valence-corrected chi connectivity index (χ4v) is 2.03. The van der Waals surface area contributed by atoms with Gasteiger partial charge in [0.25, 0.3) is 0 Å². The molecule has 19 heavy (non-hydrogen) atoms. The zero-order valence-corrected chi connectivity index (χ0v) is 11.5. The van der Waals surface area contributed by atoms with E-state index in [0.29, 0.717) is 23.8 Å². The van der Waals surface area contributed by atoms with Crippen LogP contribution in [0.3, 0.4) is 0 Å². The summed E-state index contributed by atoms with van der Waals surface area (Å²) in [5, 5.41) is 6.08. The molecule has 5 nitrogen and oxygen atoms in total. The summed E-state index contributed by atoms with van der Waals surface area (Å²) in [5.41, 5.74) is 1.58. The second-order valence-electron chi connectivity index (χ2n) is 4.52. The second kappa shape index (κ2) is 5.93. The molecule has 1 aromatic rings. The average Bonchev–Trinajstić information content (AvgIpc) is 2.58. The number of rotatable bonds is 1. The SMILES string of the molecule is Cc1ccc(NC(=O)N2CCCNC(=O)C2)cc1Cl. The van der Waals surface area contributed by atoms with Crippen molar-refractivity contribution < 1.29 is 9.59 Å². The molecule has 1 fully saturated rings. The molecule has 2 N–H and O–H groups in total. The highest BCUT2D eigenvalue weighted by Crippen LogP contribution is 2.20. The fraction of sp³-hybridized carbons (Fsp3) is 0.385. The first-order chi connectivity index (χ1) is 9.06. The molecule has 1 aliphatic heterocycles. The van der Waals surface area contributed by atoms with Crippen LogP contribution in [0.15, 0.2) is 18.2 Å². The summed E-state index contributed by atoms with van der Waals surface area (Å²) in [6, 6.07) is 5.05. The van der Waals surface area contributed by atoms with E-state index in [9.17, 15) is 9.59 Å². The van der Waals surface area contributed by atoms with Crippen molar-refractivity contribution in [3.05, 3.63) is 28.8 Å². The van der Waals surface area contributed by atoms with Gasteiger partial charge in [-0.3, -0.25) is 4.79 Å². The maximum Gasteiger partial charge on any atom is 0.322 e. The van der Waals surface area contributed by atoms with Crippen molar-refractivity contribution in [3.63, 3.8) is 0 Å². The lowest BCUT2D eigenvalue weighted by atomic mass is 10.2. The van der Waals surface area contributed by atoms with Crippen molar-refractivity contribution in [1.82, 2.24) is 10.2 Å². The molecule has 0 saturated carbocycles. The Hall–Kier alpha value is -1.75. The molecule has 0 spiro atoms. The summed E-state index contributed by atoms with van der Waals surface area (Å²) < 4.78 is 0. The van der Waals surface area contributed by atoms with Crippen molar-refractivity contribution >= 4 is 29.2 Å². The van der Waals surface area contributed by atoms with E-state index in [-0.39, 0.29) is 18.5 Å². The Morgan fingerprint density at radius 3 is 3.00 bits per heavy atom. The number of nitrogens with one attached hydrogen (secondary N) is 2. The Morgan fingerprint density at radius 2 is 2.26 bits per heavy atom. The number of anilines is 1. The molecular weight excluding hydrogens is 266 g/mol. The van der Waals surface area contributed by atoms with Gasteiger partial charge in [-0.1, -0.05) is 17.7 Å². The molecule has 0 atom stereocenters. The Balaban J connectivity index is 2.03. The van der Waals surface area contributed by atoms with Crippen LogP contribution in [0.2, 0.25) is 5.02 Å². The summed E-state index contributed by atoms with van der Waals surface area (Å²) in [6.07, 6.45) is 0.758. The van der Waals surface area contributed by atoms with Gasteiger partial charge in [-0.05, 0) is 31.0 Å². The lowest BCUT2D eigenvalue weighted by molar-refractivity contribution is -0.120. The van der Waals surface area contributed by atoms with E-state index in [4.69, 9.17) is 11.6 Å². The molecule has 1 aliphatic rings. The summed E-state index contributed by atoms with van der Waals surface area (Å²) in [6.45, 7) is 3.15. The van der Waals surface area contributed by atoms with Gasteiger partial charge in [0.15, 0.2) is 0 Å². The molecule has 0 radical (unpaired) electrons. The number of hydrogen-bond acceptors (Lipinski definition) is 2. The first-order valence-electron chi connectivity index (χ1n) is 6.15. The number of carbonyl (C=O) groups is 2. The number of halogens is 1. The lowest BCUT2D eigenvalue weighted by Crippen LogP contribution is -2.39. The predicted octanol–water partition coefficient (Wildman–Crippen LogP) is 2.00. The number of hydrogen-bond donors (Lipinski definition) is 2. The molecule has 2 rings (SSSR count). The summed E-state index contributed by atoms with van der Waals surface area (Å²) in [4.78, 5) is 24.9. The predicted molar refractivity (Wildman–Crippen MR) is 74.4 cm³/mol. The first-order valence-corrected chi connectivity index (χ1v) is 6.53. The number of carbonyl (C=O) groups excluding carboxylic acids is 2. The van der Waals surface area contributed by atoms with E-state index in [0.717, 1.165) is 12.0 Å². The molecule has 0 aromatic heterocycles. The third-order valence-electron chi connectivity index (χ3n) is 2.97. The van der Waals surface area contributed by atoms with Gasteiger partial charge >= 0.3 is 6.03 Å². The third kappa shape index (κ3) is 3.61. The van der Waals surface area contributed by atoms with E-state index in [1.54, 1.807) is 12.1 Å². The van der Waals surface area contributed by atoms with Crippen LogP contribution in [0.1, 0.15) is 12.0 Å². The van der Waals surface area contributed by atoms with Gasteiger partial charge < -0.3 is 15.5 Å². The van der Waals surface area contributed by atoms with Crippen LogP contribution in [0, 0.1) is 6.92 Å². The standard InChI is InChI=1S/C13H16ClN3O2/c1-9-3-4-10(7-11(9)14)16-13(19)17-6-2-5-15-12(18)8-17/h3-4,7H,2,5-6,8H2,1H3,(H,15,18)(H,16,19). The Bertz CT molecular complexity index is 505. The van der Waals surface area contributed by atoms with E-state index in [1.165, 1.54) is 4.90 Å². The molecule has 0 bridgehead atoms. The highest BCUT2D eigenvalue weighted by molar-refractivity contribution is 6.31. The van der Waals surface area contributed by atoms with E-state index in [2.05, 4.69) is 10.6 Å². The molecule has 102 valence electrons. The topological polar surface area (TPSA) is 61.4 Å². The molecule has 0 aliphatic carbocycles. The van der Waals surface area contributed by atoms with Crippen molar-refractivity contribution in [3.8, 4) is 0 Å². The van der Waals surface area contributed by atoms with Crippen LogP contribution in [0.4, 0.5) is 10.5 Å². The lowest BCUT2D eigenvalue weighted by Gasteiger charge is -2.19. The Kier molecular flexibility index (Phi) is 4.27. The number of aryl methyl sites for hydroxylation is 1. The van der Waals surface area contributed by atoms with E-state index < -0.39 is 0 Å². The number of amides is 3. The summed E-state index contributed by atoms with van der Waals surface area (Å²) in [7, 11) is 0. The van der Waals surface area contributed by atoms with Crippen LogP contribution in [-0.4, -0.2) is 36.5 Å². The maximum absolute atomic E-state index is 12.1. The molecule has 1 aromatic carbocycles. The first kappa shape index (κ1) is 13.7. The maximum atomic E-state index is 12.1. The van der Waals surface area contributed by atoms with Gasteiger partial charge in [0.1, 0.15) is 6.54 Å². The average molecular weight is 282 g/mol. The van der Waals surface area contributed by atoms with E-state index in [1.807, 2.05) is 13.0 Å². The van der Waals surface area contributed by atoms with Crippen molar-refractivity contribution in [2.24, 2.45) is 0 Å².